The molecule has 4 nitrogen and oxygen atoms in total. The first-order chi connectivity index (χ1) is 11.7. The SMILES string of the molecule is CCO[Si](CCCCCCCCN1CCC[SiH]1C)(OCC)OCC. The molecule has 0 aromatic heterocycles. The van der Waals surface area contributed by atoms with Gasteiger partial charge in [-0.15, -0.1) is 0 Å². The third-order valence-corrected chi connectivity index (χ3v) is 11.1. The topological polar surface area (TPSA) is 30.9 Å². The fraction of sp³-hybridized carbons (Fsp3) is 1.00. The van der Waals surface area contributed by atoms with Gasteiger partial charge in [-0.3, -0.25) is 0 Å². The van der Waals surface area contributed by atoms with Crippen LogP contribution in [0.1, 0.15) is 65.7 Å². The summed E-state index contributed by atoms with van der Waals surface area (Å²) in [5.74, 6) is 0. The van der Waals surface area contributed by atoms with Crippen LogP contribution in [0, 0.1) is 0 Å². The van der Waals surface area contributed by atoms with Crippen LogP contribution in [-0.2, 0) is 13.3 Å². The first-order valence-corrected chi connectivity index (χ1v) is 14.7. The van der Waals surface area contributed by atoms with E-state index < -0.39 is 17.8 Å². The fourth-order valence-electron chi connectivity index (χ4n) is 3.69. The van der Waals surface area contributed by atoms with Crippen LogP contribution < -0.4 is 0 Å². The van der Waals surface area contributed by atoms with E-state index in [1.165, 1.54) is 64.1 Å². The van der Waals surface area contributed by atoms with Gasteiger partial charge >= 0.3 is 8.80 Å². The lowest BCUT2D eigenvalue weighted by Crippen LogP contribution is -2.45. The van der Waals surface area contributed by atoms with E-state index >= 15 is 0 Å². The van der Waals surface area contributed by atoms with Gasteiger partial charge in [0.1, 0.15) is 8.96 Å². The maximum Gasteiger partial charge on any atom is 0.500 e. The van der Waals surface area contributed by atoms with Crippen LogP contribution in [0.2, 0.25) is 18.6 Å². The van der Waals surface area contributed by atoms with Crippen molar-refractivity contribution in [2.45, 2.75) is 84.4 Å². The number of unbranched alkanes of at least 4 members (excludes halogenated alkanes) is 5. The minimum absolute atomic E-state index is 0.478. The number of rotatable bonds is 15. The molecule has 0 N–H and O–H groups in total. The monoisotopic (exact) mass is 375 g/mol. The standard InChI is InChI=1S/C18H41NO3Si2/c1-5-20-24(21-6-2,22-7-3)18-13-11-9-8-10-12-15-19-16-14-17-23(19)4/h23H,5-18H2,1-4H3. The molecule has 6 heteroatoms. The molecule has 0 aromatic rings. The molecule has 1 unspecified atom stereocenters. The smallest absolute Gasteiger partial charge is 0.374 e. The molecule has 1 rings (SSSR count). The largest absolute Gasteiger partial charge is 0.500 e. The third kappa shape index (κ3) is 8.58. The highest BCUT2D eigenvalue weighted by Gasteiger charge is 2.39. The predicted octanol–water partition coefficient (Wildman–Crippen LogP) is 4.43. The molecule has 1 saturated heterocycles. The summed E-state index contributed by atoms with van der Waals surface area (Å²) < 4.78 is 20.5. The first-order valence-electron chi connectivity index (χ1n) is 10.3. The Morgan fingerprint density at radius 3 is 1.88 bits per heavy atom. The molecule has 1 heterocycles. The van der Waals surface area contributed by atoms with Gasteiger partial charge in [-0.2, -0.15) is 0 Å². The summed E-state index contributed by atoms with van der Waals surface area (Å²) in [6.45, 7) is 13.4. The summed E-state index contributed by atoms with van der Waals surface area (Å²) in [5.41, 5.74) is 0. The highest BCUT2D eigenvalue weighted by Crippen LogP contribution is 2.21. The molecule has 0 aromatic carbocycles. The van der Waals surface area contributed by atoms with Crippen LogP contribution >= 0.6 is 0 Å². The molecule has 24 heavy (non-hydrogen) atoms. The van der Waals surface area contributed by atoms with Gasteiger partial charge in [0.2, 0.25) is 0 Å². The summed E-state index contributed by atoms with van der Waals surface area (Å²) in [5, 5.41) is 0. The van der Waals surface area contributed by atoms with Crippen molar-refractivity contribution < 1.29 is 13.3 Å². The van der Waals surface area contributed by atoms with Gasteiger partial charge in [0.05, 0.1) is 0 Å². The Morgan fingerprint density at radius 2 is 1.38 bits per heavy atom. The van der Waals surface area contributed by atoms with E-state index in [-0.39, 0.29) is 0 Å². The average molecular weight is 376 g/mol. The van der Waals surface area contributed by atoms with Crippen LogP contribution in [0.4, 0.5) is 0 Å². The number of hydrogen-bond donors (Lipinski definition) is 0. The van der Waals surface area contributed by atoms with Gasteiger partial charge < -0.3 is 17.8 Å². The van der Waals surface area contributed by atoms with Crippen LogP contribution in [-0.4, -0.2) is 55.2 Å². The summed E-state index contributed by atoms with van der Waals surface area (Å²) in [7, 11) is -2.88. The van der Waals surface area contributed by atoms with Crippen molar-refractivity contribution in [3.8, 4) is 0 Å². The van der Waals surface area contributed by atoms with E-state index in [0.29, 0.717) is 19.8 Å². The second kappa shape index (κ2) is 13.5. The van der Waals surface area contributed by atoms with Gasteiger partial charge in [-0.1, -0.05) is 32.2 Å². The average Bonchev–Trinajstić information content (AvgIpc) is 2.96. The normalized spacial score (nSPS) is 19.2. The summed E-state index contributed by atoms with van der Waals surface area (Å²) in [4.78, 5) is 0. The van der Waals surface area contributed by atoms with Crippen molar-refractivity contribution in [1.29, 1.82) is 0 Å². The van der Waals surface area contributed by atoms with E-state index in [1.54, 1.807) is 0 Å². The molecule has 0 bridgehead atoms. The van der Waals surface area contributed by atoms with Gasteiger partial charge in [0.15, 0.2) is 0 Å². The summed E-state index contributed by atoms with van der Waals surface area (Å²) >= 11 is 0. The number of hydrogen-bond acceptors (Lipinski definition) is 4. The molecule has 0 aliphatic carbocycles. The first kappa shape index (κ1) is 22.3. The van der Waals surface area contributed by atoms with E-state index in [2.05, 4.69) is 11.1 Å². The molecule has 0 saturated carbocycles. The van der Waals surface area contributed by atoms with Crippen LogP contribution in [0.25, 0.3) is 0 Å². The van der Waals surface area contributed by atoms with E-state index in [1.807, 2.05) is 20.8 Å². The van der Waals surface area contributed by atoms with Gasteiger partial charge in [0.25, 0.3) is 0 Å². The summed E-state index contributed by atoms with van der Waals surface area (Å²) in [6.07, 6.45) is 9.39. The minimum atomic E-state index is -2.40. The zero-order valence-corrected chi connectivity index (χ0v) is 18.8. The Bertz CT molecular complexity index is 291. The molecule has 0 spiro atoms. The van der Waals surface area contributed by atoms with Crippen molar-refractivity contribution in [2.75, 3.05) is 32.9 Å². The molecule has 1 aliphatic rings. The highest BCUT2D eigenvalue weighted by molar-refractivity contribution is 6.60. The highest BCUT2D eigenvalue weighted by atomic mass is 28.4. The van der Waals surface area contributed by atoms with Gasteiger partial charge in [-0.25, -0.2) is 0 Å². The van der Waals surface area contributed by atoms with Crippen LogP contribution in [0.5, 0.6) is 0 Å². The fourth-order valence-corrected chi connectivity index (χ4v) is 8.76. The van der Waals surface area contributed by atoms with Crippen molar-refractivity contribution in [1.82, 2.24) is 4.57 Å². The Morgan fingerprint density at radius 1 is 0.833 bits per heavy atom. The molecule has 0 amide bonds. The molecule has 1 fully saturated rings. The van der Waals surface area contributed by atoms with Crippen molar-refractivity contribution >= 4 is 17.8 Å². The lowest BCUT2D eigenvalue weighted by atomic mass is 10.1. The molecular formula is C18H41NO3Si2. The molecule has 1 atom stereocenters. The minimum Gasteiger partial charge on any atom is -0.374 e. The maximum absolute atomic E-state index is 5.92. The molecular weight excluding hydrogens is 334 g/mol. The van der Waals surface area contributed by atoms with Gasteiger partial charge in [0, 0.05) is 25.9 Å². The second-order valence-corrected chi connectivity index (χ2v) is 12.6. The zero-order chi connectivity index (χ0) is 17.7. The Labute approximate surface area is 153 Å². The van der Waals surface area contributed by atoms with Gasteiger partial charge in [-0.05, 0) is 59.2 Å². The van der Waals surface area contributed by atoms with Crippen molar-refractivity contribution in [2.24, 2.45) is 0 Å². The quantitative estimate of drug-likeness (QED) is 0.313. The zero-order valence-electron chi connectivity index (χ0n) is 16.6. The molecule has 144 valence electrons. The van der Waals surface area contributed by atoms with E-state index in [0.717, 1.165) is 6.04 Å². The lowest BCUT2D eigenvalue weighted by Gasteiger charge is -2.28. The summed E-state index contributed by atoms with van der Waals surface area (Å²) in [6, 6.07) is 2.50. The van der Waals surface area contributed by atoms with Crippen LogP contribution in [0.3, 0.4) is 0 Å². The number of nitrogens with zero attached hydrogens (tertiary/aromatic N) is 1. The third-order valence-electron chi connectivity index (χ3n) is 4.96. The predicted molar refractivity (Wildman–Crippen MR) is 107 cm³/mol. The lowest BCUT2D eigenvalue weighted by molar-refractivity contribution is 0.0706. The van der Waals surface area contributed by atoms with E-state index in [9.17, 15) is 0 Å². The Hall–Kier alpha value is 0.274. The van der Waals surface area contributed by atoms with E-state index in [4.69, 9.17) is 13.3 Å². The maximum atomic E-state index is 5.92. The van der Waals surface area contributed by atoms with Crippen molar-refractivity contribution in [3.05, 3.63) is 0 Å². The Balaban J connectivity index is 2.08. The Kier molecular flexibility index (Phi) is 12.5. The second-order valence-electron chi connectivity index (χ2n) is 6.88. The molecule has 1 aliphatic heterocycles. The molecule has 0 radical (unpaired) electrons. The van der Waals surface area contributed by atoms with Crippen molar-refractivity contribution in [3.63, 3.8) is 0 Å². The van der Waals surface area contributed by atoms with Crippen LogP contribution in [0.15, 0.2) is 0 Å².